The van der Waals surface area contributed by atoms with Gasteiger partial charge in [-0.15, -0.1) is 0 Å². The topological polar surface area (TPSA) is 142 Å². The molecule has 0 spiro atoms. The van der Waals surface area contributed by atoms with Crippen molar-refractivity contribution in [1.29, 1.82) is 0 Å². The van der Waals surface area contributed by atoms with Crippen molar-refractivity contribution in [2.24, 2.45) is 5.14 Å². The molecule has 8 nitrogen and oxygen atoms in total. The minimum Gasteiger partial charge on any atom is -0.388 e. The van der Waals surface area contributed by atoms with E-state index in [9.17, 15) is 23.7 Å². The van der Waals surface area contributed by atoms with Crippen molar-refractivity contribution in [2.45, 2.75) is 42.5 Å². The third kappa shape index (κ3) is 3.51. The first-order valence-electron chi connectivity index (χ1n) is 6.29. The smallest absolute Gasteiger partial charge is 0.238 e. The SMILES string of the molecule is C[C@@H]1O[C@@H](Nc2ccc(S(N)(=O)=O)cc2)[C@@H](O)[C@H](O)[C@@H]1O. The van der Waals surface area contributed by atoms with Crippen molar-refractivity contribution >= 4 is 15.7 Å². The second-order valence-electron chi connectivity index (χ2n) is 4.95. The lowest BCUT2D eigenvalue weighted by atomic mass is 9.99. The van der Waals surface area contributed by atoms with E-state index in [1.807, 2.05) is 0 Å². The normalized spacial score (nSPS) is 33.7. The number of benzene rings is 1. The van der Waals surface area contributed by atoms with Crippen LogP contribution < -0.4 is 10.5 Å². The molecule has 0 saturated carbocycles. The van der Waals surface area contributed by atoms with E-state index in [0.717, 1.165) is 0 Å². The highest BCUT2D eigenvalue weighted by molar-refractivity contribution is 7.89. The van der Waals surface area contributed by atoms with Crippen molar-refractivity contribution in [2.75, 3.05) is 5.32 Å². The van der Waals surface area contributed by atoms with E-state index >= 15 is 0 Å². The fourth-order valence-electron chi connectivity index (χ4n) is 2.08. The van der Waals surface area contributed by atoms with E-state index in [1.54, 1.807) is 6.92 Å². The Bertz CT molecular complexity index is 590. The highest BCUT2D eigenvalue weighted by Gasteiger charge is 2.41. The third-order valence-corrected chi connectivity index (χ3v) is 4.27. The van der Waals surface area contributed by atoms with Gasteiger partial charge in [-0.1, -0.05) is 0 Å². The van der Waals surface area contributed by atoms with Crippen molar-refractivity contribution in [3.63, 3.8) is 0 Å². The van der Waals surface area contributed by atoms with Crippen LogP contribution in [0.3, 0.4) is 0 Å². The minimum absolute atomic E-state index is 0.0398. The molecule has 1 fully saturated rings. The number of nitrogens with one attached hydrogen (secondary N) is 1. The summed E-state index contributed by atoms with van der Waals surface area (Å²) in [5, 5.41) is 36.9. The van der Waals surface area contributed by atoms with Gasteiger partial charge in [-0.3, -0.25) is 0 Å². The van der Waals surface area contributed by atoms with Gasteiger partial charge >= 0.3 is 0 Å². The van der Waals surface area contributed by atoms with Gasteiger partial charge in [0.05, 0.1) is 11.0 Å². The zero-order chi connectivity index (χ0) is 15.8. The van der Waals surface area contributed by atoms with Crippen LogP contribution in [0.15, 0.2) is 29.2 Å². The molecule has 1 aromatic carbocycles. The van der Waals surface area contributed by atoms with E-state index in [2.05, 4.69) is 5.32 Å². The summed E-state index contributed by atoms with van der Waals surface area (Å²) < 4.78 is 27.6. The number of ether oxygens (including phenoxy) is 1. The molecule has 1 heterocycles. The Morgan fingerprint density at radius 3 is 2.19 bits per heavy atom. The number of primary sulfonamides is 1. The fourth-order valence-corrected chi connectivity index (χ4v) is 2.59. The summed E-state index contributed by atoms with van der Waals surface area (Å²) in [4.78, 5) is -0.0398. The van der Waals surface area contributed by atoms with Crippen LogP contribution in [0.2, 0.25) is 0 Å². The lowest BCUT2D eigenvalue weighted by molar-refractivity contribution is -0.209. The molecule has 1 saturated heterocycles. The van der Waals surface area contributed by atoms with Gasteiger partial charge in [0, 0.05) is 5.69 Å². The Balaban J connectivity index is 2.11. The molecule has 1 aliphatic heterocycles. The van der Waals surface area contributed by atoms with Crippen LogP contribution in [0.4, 0.5) is 5.69 Å². The first kappa shape index (κ1) is 16.1. The van der Waals surface area contributed by atoms with Crippen molar-refractivity contribution in [1.82, 2.24) is 0 Å². The Labute approximate surface area is 122 Å². The molecular formula is C12H18N2O6S. The van der Waals surface area contributed by atoms with Crippen LogP contribution in [-0.2, 0) is 14.8 Å². The summed E-state index contributed by atoms with van der Waals surface area (Å²) in [5.41, 5.74) is 0.474. The maximum Gasteiger partial charge on any atom is 0.238 e. The summed E-state index contributed by atoms with van der Waals surface area (Å²) in [7, 11) is -3.77. The van der Waals surface area contributed by atoms with Crippen molar-refractivity contribution in [3.8, 4) is 0 Å². The van der Waals surface area contributed by atoms with Crippen molar-refractivity contribution < 1.29 is 28.5 Å². The molecule has 6 N–H and O–H groups in total. The number of hydrogen-bond donors (Lipinski definition) is 5. The Hall–Kier alpha value is -1.23. The van der Waals surface area contributed by atoms with Crippen LogP contribution >= 0.6 is 0 Å². The fraction of sp³-hybridized carbons (Fsp3) is 0.500. The van der Waals surface area contributed by atoms with Gasteiger partial charge in [-0.2, -0.15) is 0 Å². The average Bonchev–Trinajstić information content (AvgIpc) is 2.42. The molecule has 0 aromatic heterocycles. The first-order chi connectivity index (χ1) is 9.70. The summed E-state index contributed by atoms with van der Waals surface area (Å²) in [6.45, 7) is 1.57. The van der Waals surface area contributed by atoms with Gasteiger partial charge < -0.3 is 25.4 Å². The number of aliphatic hydroxyl groups is 3. The standard InChI is InChI=1S/C12H18N2O6S/c1-6-9(15)10(16)11(17)12(20-6)14-7-2-4-8(5-3-7)21(13,18)19/h2-6,9-12,14-17H,1H3,(H2,13,18,19)/t6-,9+,10+,11-,12+/m0/s1. The molecule has 0 amide bonds. The number of anilines is 1. The Morgan fingerprint density at radius 1 is 1.10 bits per heavy atom. The van der Waals surface area contributed by atoms with Crippen LogP contribution in [0.1, 0.15) is 6.92 Å². The van der Waals surface area contributed by atoms with Crippen LogP contribution in [0, 0.1) is 0 Å². The molecule has 118 valence electrons. The van der Waals surface area contributed by atoms with Gasteiger partial charge in [0.25, 0.3) is 0 Å². The molecule has 0 radical (unpaired) electrons. The van der Waals surface area contributed by atoms with E-state index in [4.69, 9.17) is 9.88 Å². The van der Waals surface area contributed by atoms with Crippen LogP contribution in [0.5, 0.6) is 0 Å². The largest absolute Gasteiger partial charge is 0.388 e. The summed E-state index contributed by atoms with van der Waals surface area (Å²) in [6, 6.07) is 5.53. The predicted molar refractivity (Wildman–Crippen MR) is 73.8 cm³/mol. The van der Waals surface area contributed by atoms with Gasteiger partial charge in [0.15, 0.2) is 6.23 Å². The molecule has 9 heteroatoms. The number of sulfonamides is 1. The van der Waals surface area contributed by atoms with E-state index < -0.39 is 40.7 Å². The molecule has 0 aliphatic carbocycles. The number of rotatable bonds is 3. The Kier molecular flexibility index (Phi) is 4.51. The molecule has 5 atom stereocenters. The van der Waals surface area contributed by atoms with E-state index in [1.165, 1.54) is 24.3 Å². The Morgan fingerprint density at radius 2 is 1.67 bits per heavy atom. The molecule has 1 aliphatic rings. The van der Waals surface area contributed by atoms with Crippen LogP contribution in [-0.4, -0.2) is 54.4 Å². The summed E-state index contributed by atoms with van der Waals surface area (Å²) in [6.07, 6.45) is -5.44. The molecule has 21 heavy (non-hydrogen) atoms. The van der Waals surface area contributed by atoms with Crippen LogP contribution in [0.25, 0.3) is 0 Å². The lowest BCUT2D eigenvalue weighted by Crippen LogP contribution is -2.58. The van der Waals surface area contributed by atoms with Gasteiger partial charge in [-0.05, 0) is 31.2 Å². The van der Waals surface area contributed by atoms with E-state index in [-0.39, 0.29) is 4.90 Å². The molecule has 0 bridgehead atoms. The zero-order valence-electron chi connectivity index (χ0n) is 11.2. The maximum absolute atomic E-state index is 11.1. The third-order valence-electron chi connectivity index (χ3n) is 3.34. The molecule has 0 unspecified atom stereocenters. The highest BCUT2D eigenvalue weighted by Crippen LogP contribution is 2.23. The summed E-state index contributed by atoms with van der Waals surface area (Å²) >= 11 is 0. The minimum atomic E-state index is -3.77. The van der Waals surface area contributed by atoms with Gasteiger partial charge in [-0.25, -0.2) is 13.6 Å². The molecular weight excluding hydrogens is 300 g/mol. The van der Waals surface area contributed by atoms with Gasteiger partial charge in [0.2, 0.25) is 10.0 Å². The highest BCUT2D eigenvalue weighted by atomic mass is 32.2. The second-order valence-corrected chi connectivity index (χ2v) is 6.51. The quantitative estimate of drug-likeness (QED) is 0.460. The second kappa shape index (κ2) is 5.87. The predicted octanol–water partition coefficient (Wildman–Crippen LogP) is -1.43. The number of aliphatic hydroxyl groups excluding tert-OH is 3. The molecule has 2 rings (SSSR count). The zero-order valence-corrected chi connectivity index (χ0v) is 12.1. The van der Waals surface area contributed by atoms with E-state index in [0.29, 0.717) is 5.69 Å². The number of hydrogen-bond acceptors (Lipinski definition) is 7. The monoisotopic (exact) mass is 318 g/mol. The lowest BCUT2D eigenvalue weighted by Gasteiger charge is -2.39. The summed E-state index contributed by atoms with van der Waals surface area (Å²) in [5.74, 6) is 0. The van der Waals surface area contributed by atoms with Gasteiger partial charge in [0.1, 0.15) is 18.3 Å². The first-order valence-corrected chi connectivity index (χ1v) is 7.84. The number of nitrogens with two attached hydrogens (primary N) is 1. The van der Waals surface area contributed by atoms with Crippen molar-refractivity contribution in [3.05, 3.63) is 24.3 Å². The average molecular weight is 318 g/mol. The maximum atomic E-state index is 11.1. The molecule has 1 aromatic rings.